The molecule has 1 saturated heterocycles. The second kappa shape index (κ2) is 8.25. The van der Waals surface area contributed by atoms with Crippen LogP contribution in [0.25, 0.3) is 11.0 Å². The van der Waals surface area contributed by atoms with Crippen molar-refractivity contribution in [2.24, 2.45) is 0 Å². The number of likely N-dealkylation sites (tertiary alicyclic amines) is 1. The second-order valence-electron chi connectivity index (χ2n) is 8.30. The Morgan fingerprint density at radius 3 is 2.72 bits per heavy atom. The van der Waals surface area contributed by atoms with E-state index in [2.05, 4.69) is 60.1 Å². The number of hydrogen-bond acceptors (Lipinski definition) is 4. The number of nitrogens with zero attached hydrogens (tertiary/aromatic N) is 2. The van der Waals surface area contributed by atoms with Gasteiger partial charge < -0.3 is 19.9 Å². The summed E-state index contributed by atoms with van der Waals surface area (Å²) in [5.41, 5.74) is 4.36. The molecule has 1 aliphatic rings. The average Bonchev–Trinajstić information content (AvgIpc) is 3.13. The van der Waals surface area contributed by atoms with E-state index in [-0.39, 0.29) is 6.10 Å². The lowest BCUT2D eigenvalue weighted by Crippen LogP contribution is -2.29. The summed E-state index contributed by atoms with van der Waals surface area (Å²) >= 11 is 6.43. The van der Waals surface area contributed by atoms with Crippen molar-refractivity contribution >= 4 is 34.1 Å². The highest BCUT2D eigenvalue weighted by Crippen LogP contribution is 2.38. The lowest BCUT2D eigenvalue weighted by Gasteiger charge is -2.30. The van der Waals surface area contributed by atoms with Crippen LogP contribution in [0.2, 0.25) is 5.02 Å². The number of anilines is 2. The van der Waals surface area contributed by atoms with E-state index >= 15 is 0 Å². The van der Waals surface area contributed by atoms with Crippen LogP contribution in [0.5, 0.6) is 5.75 Å². The Morgan fingerprint density at radius 2 is 2.00 bits per heavy atom. The molecule has 0 aliphatic carbocycles. The highest BCUT2D eigenvalue weighted by atomic mass is 35.5. The maximum absolute atomic E-state index is 6.43. The molecule has 5 nitrogen and oxygen atoms in total. The smallest absolute Gasteiger partial charge is 0.143 e. The number of hydrogen-bond donors (Lipinski definition) is 2. The summed E-state index contributed by atoms with van der Waals surface area (Å²) in [5.74, 6) is 2.15. The topological polar surface area (TPSA) is 53.2 Å². The van der Waals surface area contributed by atoms with E-state index in [1.807, 2.05) is 18.3 Å². The molecular weight excluding hydrogens is 384 g/mol. The molecule has 4 rings (SSSR count). The van der Waals surface area contributed by atoms with Gasteiger partial charge in [0.2, 0.25) is 0 Å². The highest BCUT2D eigenvalue weighted by Gasteiger charge is 2.22. The van der Waals surface area contributed by atoms with Gasteiger partial charge in [-0.05, 0) is 89.0 Å². The van der Waals surface area contributed by atoms with Crippen molar-refractivity contribution in [3.63, 3.8) is 0 Å². The molecule has 0 atom stereocenters. The van der Waals surface area contributed by atoms with Gasteiger partial charge in [0.1, 0.15) is 17.2 Å². The number of fused-ring (bicyclic) bond motifs is 1. The van der Waals surface area contributed by atoms with Gasteiger partial charge in [-0.1, -0.05) is 11.6 Å². The first-order chi connectivity index (χ1) is 13.9. The van der Waals surface area contributed by atoms with Crippen LogP contribution in [-0.4, -0.2) is 41.1 Å². The minimum atomic E-state index is 0.0889. The van der Waals surface area contributed by atoms with Crippen LogP contribution in [0.15, 0.2) is 30.5 Å². The third-order valence-corrected chi connectivity index (χ3v) is 5.94. The van der Waals surface area contributed by atoms with Gasteiger partial charge in [0.15, 0.2) is 0 Å². The van der Waals surface area contributed by atoms with Crippen molar-refractivity contribution in [2.75, 3.05) is 25.5 Å². The highest BCUT2D eigenvalue weighted by molar-refractivity contribution is 6.35. The number of aryl methyl sites for hydroxylation is 1. The summed E-state index contributed by atoms with van der Waals surface area (Å²) in [6.07, 6.45) is 4.31. The molecule has 0 spiro atoms. The van der Waals surface area contributed by atoms with Crippen molar-refractivity contribution in [3.05, 3.63) is 46.6 Å². The number of nitrogens with one attached hydrogen (secondary N) is 2. The Bertz CT molecular complexity index is 1010. The molecule has 2 N–H and O–H groups in total. The summed E-state index contributed by atoms with van der Waals surface area (Å²) in [6.45, 7) is 8.58. The van der Waals surface area contributed by atoms with Crippen molar-refractivity contribution in [1.29, 1.82) is 0 Å². The Kier molecular flexibility index (Phi) is 5.70. The average molecular weight is 413 g/mol. The molecule has 1 aromatic carbocycles. The molecule has 0 bridgehead atoms. The largest absolute Gasteiger partial charge is 0.489 e. The molecule has 3 heterocycles. The van der Waals surface area contributed by atoms with E-state index in [4.69, 9.17) is 16.3 Å². The number of pyridine rings is 1. The first-order valence-corrected chi connectivity index (χ1v) is 10.7. The van der Waals surface area contributed by atoms with Crippen LogP contribution in [0, 0.1) is 6.92 Å². The van der Waals surface area contributed by atoms with E-state index in [1.54, 1.807) is 0 Å². The minimum Gasteiger partial charge on any atom is -0.489 e. The summed E-state index contributed by atoms with van der Waals surface area (Å²) < 4.78 is 6.19. The van der Waals surface area contributed by atoms with Crippen LogP contribution in [0.1, 0.15) is 43.7 Å². The molecule has 1 fully saturated rings. The third kappa shape index (κ3) is 4.36. The summed E-state index contributed by atoms with van der Waals surface area (Å²) in [4.78, 5) is 10.2. The third-order valence-electron chi connectivity index (χ3n) is 5.63. The van der Waals surface area contributed by atoms with E-state index in [0.29, 0.717) is 16.8 Å². The zero-order valence-corrected chi connectivity index (χ0v) is 18.3. The zero-order chi connectivity index (χ0) is 20.5. The molecule has 0 radical (unpaired) electrons. The van der Waals surface area contributed by atoms with Crippen molar-refractivity contribution < 1.29 is 4.74 Å². The fraction of sp³-hybridized carbons (Fsp3) is 0.435. The monoisotopic (exact) mass is 412 g/mol. The van der Waals surface area contributed by atoms with E-state index in [0.717, 1.165) is 35.6 Å². The molecule has 0 unspecified atom stereocenters. The normalized spacial score (nSPS) is 15.9. The quantitative estimate of drug-likeness (QED) is 0.550. The first kappa shape index (κ1) is 20.0. The van der Waals surface area contributed by atoms with Crippen LogP contribution < -0.4 is 10.1 Å². The van der Waals surface area contributed by atoms with Gasteiger partial charge in [-0.15, -0.1) is 0 Å². The lowest BCUT2D eigenvalue weighted by molar-refractivity contribution is 0.241. The standard InChI is InChI=1S/C23H29ClN4O/c1-14(2)29-21-12-18(16-6-9-28(4)10-7-16)15(3)11-20(21)26-22-13-19(24)17-5-8-25-23(17)27-22/h5,8,11-14,16H,6-7,9-10H2,1-4H3,(H2,25,26,27). The number of H-pyrrole nitrogens is 1. The molecule has 0 saturated carbocycles. The van der Waals surface area contributed by atoms with Crippen LogP contribution in [0.3, 0.4) is 0 Å². The number of aromatic nitrogens is 2. The number of rotatable bonds is 5. The van der Waals surface area contributed by atoms with Gasteiger partial charge in [-0.3, -0.25) is 0 Å². The Morgan fingerprint density at radius 1 is 1.24 bits per heavy atom. The lowest BCUT2D eigenvalue weighted by atomic mass is 9.86. The van der Waals surface area contributed by atoms with Crippen molar-refractivity contribution in [2.45, 2.75) is 45.6 Å². The van der Waals surface area contributed by atoms with E-state index in [9.17, 15) is 0 Å². The maximum Gasteiger partial charge on any atom is 0.143 e. The Hall–Kier alpha value is -2.24. The van der Waals surface area contributed by atoms with Gasteiger partial charge in [0.25, 0.3) is 0 Å². The van der Waals surface area contributed by atoms with Crippen LogP contribution in [-0.2, 0) is 0 Å². The second-order valence-corrected chi connectivity index (χ2v) is 8.71. The number of benzene rings is 1. The molecule has 3 aromatic rings. The van der Waals surface area contributed by atoms with Gasteiger partial charge in [0, 0.05) is 17.6 Å². The first-order valence-electron chi connectivity index (χ1n) is 10.3. The van der Waals surface area contributed by atoms with Crippen LogP contribution >= 0.6 is 11.6 Å². The molecule has 1 aliphatic heterocycles. The fourth-order valence-electron chi connectivity index (χ4n) is 4.11. The van der Waals surface area contributed by atoms with Crippen LogP contribution in [0.4, 0.5) is 11.5 Å². The molecule has 0 amide bonds. The van der Waals surface area contributed by atoms with Crippen molar-refractivity contribution in [1.82, 2.24) is 14.9 Å². The minimum absolute atomic E-state index is 0.0889. The Labute approximate surface area is 177 Å². The number of ether oxygens (including phenoxy) is 1. The summed E-state index contributed by atoms with van der Waals surface area (Å²) in [7, 11) is 2.20. The summed E-state index contributed by atoms with van der Waals surface area (Å²) in [6, 6.07) is 8.20. The number of piperidine rings is 1. The molecular formula is C23H29ClN4O. The van der Waals surface area contributed by atoms with Crippen molar-refractivity contribution in [3.8, 4) is 5.75 Å². The number of halogens is 1. The van der Waals surface area contributed by atoms with E-state index < -0.39 is 0 Å². The Balaban J connectivity index is 1.68. The fourth-order valence-corrected chi connectivity index (χ4v) is 4.37. The molecule has 29 heavy (non-hydrogen) atoms. The van der Waals surface area contributed by atoms with Gasteiger partial charge >= 0.3 is 0 Å². The molecule has 2 aromatic heterocycles. The van der Waals surface area contributed by atoms with Gasteiger partial charge in [-0.2, -0.15) is 0 Å². The zero-order valence-electron chi connectivity index (χ0n) is 17.6. The maximum atomic E-state index is 6.43. The number of aromatic amines is 1. The SMILES string of the molecule is Cc1cc(Nc2cc(Cl)c3cc[nH]c3n2)c(OC(C)C)cc1C1CCN(C)CC1. The molecule has 154 valence electrons. The predicted molar refractivity (Wildman–Crippen MR) is 121 cm³/mol. The molecule has 6 heteroatoms. The van der Waals surface area contributed by atoms with E-state index in [1.165, 1.54) is 24.0 Å². The summed E-state index contributed by atoms with van der Waals surface area (Å²) in [5, 5.41) is 5.02. The van der Waals surface area contributed by atoms with Gasteiger partial charge in [0.05, 0.1) is 16.8 Å². The predicted octanol–water partition coefficient (Wildman–Crippen LogP) is 5.86. The van der Waals surface area contributed by atoms with Gasteiger partial charge in [-0.25, -0.2) is 4.98 Å².